The first-order chi connectivity index (χ1) is 16.6. The van der Waals surface area contributed by atoms with Crippen molar-refractivity contribution in [2.75, 3.05) is 11.4 Å². The molecule has 1 amide bonds. The molecule has 0 bridgehead atoms. The first-order valence-corrected chi connectivity index (χ1v) is 13.4. The summed E-state index contributed by atoms with van der Waals surface area (Å²) in [6.45, 7) is 4.94. The van der Waals surface area contributed by atoms with E-state index in [1.165, 1.54) is 16.0 Å². The highest BCUT2D eigenvalue weighted by Crippen LogP contribution is 2.32. The van der Waals surface area contributed by atoms with Crippen LogP contribution < -0.4 is 10.5 Å². The van der Waals surface area contributed by atoms with Crippen LogP contribution in [0, 0.1) is 0 Å². The lowest BCUT2D eigenvalue weighted by Gasteiger charge is -2.17. The van der Waals surface area contributed by atoms with E-state index in [-0.39, 0.29) is 11.5 Å². The summed E-state index contributed by atoms with van der Waals surface area (Å²) in [5.41, 5.74) is 3.21. The zero-order valence-corrected chi connectivity index (χ0v) is 20.9. The number of aromatic nitrogens is 5. The number of anilines is 1. The van der Waals surface area contributed by atoms with Crippen LogP contribution in [-0.2, 0) is 23.5 Å². The van der Waals surface area contributed by atoms with Crippen molar-refractivity contribution in [1.29, 1.82) is 0 Å². The van der Waals surface area contributed by atoms with Crippen LogP contribution in [-0.4, -0.2) is 36.8 Å². The van der Waals surface area contributed by atoms with Crippen molar-refractivity contribution in [1.82, 2.24) is 24.3 Å². The van der Waals surface area contributed by atoms with E-state index in [4.69, 9.17) is 4.98 Å². The first-order valence-electron chi connectivity index (χ1n) is 11.5. The van der Waals surface area contributed by atoms with Crippen LogP contribution >= 0.6 is 23.1 Å². The third-order valence-corrected chi connectivity index (χ3v) is 7.91. The van der Waals surface area contributed by atoms with Crippen molar-refractivity contribution in [2.45, 2.75) is 57.0 Å². The minimum atomic E-state index is -0.107. The van der Waals surface area contributed by atoms with E-state index in [0.29, 0.717) is 23.7 Å². The van der Waals surface area contributed by atoms with E-state index in [1.54, 1.807) is 23.6 Å². The van der Waals surface area contributed by atoms with Gasteiger partial charge in [-0.1, -0.05) is 36.4 Å². The number of hydrogen-bond acceptors (Lipinski definition) is 7. The summed E-state index contributed by atoms with van der Waals surface area (Å²) in [5, 5.41) is 8.18. The Bertz CT molecular complexity index is 1340. The van der Waals surface area contributed by atoms with Gasteiger partial charge in [-0.05, 0) is 38.3 Å². The molecular weight excluding hydrogens is 468 g/mol. The van der Waals surface area contributed by atoms with Crippen molar-refractivity contribution in [3.05, 3.63) is 57.5 Å². The second-order valence-electron chi connectivity index (χ2n) is 8.23. The molecule has 1 aromatic carbocycles. The average Bonchev–Trinajstić information content (AvgIpc) is 3.34. The lowest BCUT2D eigenvalue weighted by molar-refractivity contribution is -0.116. The van der Waals surface area contributed by atoms with Gasteiger partial charge in [0.1, 0.15) is 5.56 Å². The zero-order valence-electron chi connectivity index (χ0n) is 19.2. The molecule has 4 heterocycles. The Labute approximate surface area is 206 Å². The largest absolute Gasteiger partial charge is 0.324 e. The van der Waals surface area contributed by atoms with E-state index in [9.17, 15) is 9.59 Å². The van der Waals surface area contributed by atoms with Crippen molar-refractivity contribution < 1.29 is 4.79 Å². The number of hydrogen-bond donors (Lipinski definition) is 0. The lowest BCUT2D eigenvalue weighted by atomic mass is 10.1. The van der Waals surface area contributed by atoms with Gasteiger partial charge in [0.2, 0.25) is 5.91 Å². The number of rotatable bonds is 6. The monoisotopic (exact) mass is 494 g/mol. The molecule has 3 aliphatic rings. The van der Waals surface area contributed by atoms with Gasteiger partial charge >= 0.3 is 0 Å². The van der Waals surface area contributed by atoms with Gasteiger partial charge in [-0.15, -0.1) is 16.4 Å². The van der Waals surface area contributed by atoms with E-state index in [1.807, 2.05) is 42.6 Å². The molecule has 5 rings (SSSR count). The fraction of sp³-hybridized carbons (Fsp3) is 0.375. The third kappa shape index (κ3) is 4.27. The normalized spacial score (nSPS) is 13.6. The van der Waals surface area contributed by atoms with Crippen LogP contribution in [0.3, 0.4) is 0 Å². The molecule has 0 saturated heterocycles. The number of benzene rings is 1. The predicted octanol–water partition coefficient (Wildman–Crippen LogP) is 4.38. The standard InChI is InChI=1S/C24H26N6O2S2/c1-3-28(16(2)31)23-25-17(14-33-23)15-34-24-26-21-20(19-12-8-5-9-13-29(19)24)22(32)30(27-21)18-10-6-4-7-11-18/h4,6-7,10-11,14H,3,5,8-9,12-13,15H2,1-2H3. The minimum Gasteiger partial charge on any atom is -0.324 e. The number of amides is 1. The number of thioether (sulfide) groups is 1. The van der Waals surface area contributed by atoms with Crippen LogP contribution in [0.25, 0.3) is 17.1 Å². The van der Waals surface area contributed by atoms with E-state index >= 15 is 0 Å². The maximum atomic E-state index is 13.4. The van der Waals surface area contributed by atoms with Crippen LogP contribution in [0.2, 0.25) is 0 Å². The zero-order chi connectivity index (χ0) is 23.7. The molecule has 0 saturated carbocycles. The second kappa shape index (κ2) is 9.71. The number of thiazole rings is 1. The second-order valence-corrected chi connectivity index (χ2v) is 10.0. The highest BCUT2D eigenvalue weighted by atomic mass is 32.2. The minimum absolute atomic E-state index is 0.00790. The summed E-state index contributed by atoms with van der Waals surface area (Å²) in [5.74, 6) is 1.12. The first kappa shape index (κ1) is 22.8. The molecule has 0 radical (unpaired) electrons. The molecule has 176 valence electrons. The summed E-state index contributed by atoms with van der Waals surface area (Å²) >= 11 is 3.09. The smallest absolute Gasteiger partial charge is 0.284 e. The molecule has 34 heavy (non-hydrogen) atoms. The molecular formula is C24H26N6O2S2. The fourth-order valence-corrected chi connectivity index (χ4v) is 6.30. The molecule has 0 spiro atoms. The van der Waals surface area contributed by atoms with Gasteiger partial charge in [-0.2, -0.15) is 4.68 Å². The summed E-state index contributed by atoms with van der Waals surface area (Å²) in [7, 11) is 0. The summed E-state index contributed by atoms with van der Waals surface area (Å²) in [6.07, 6.45) is 4.08. The van der Waals surface area contributed by atoms with Gasteiger partial charge in [0.05, 0.1) is 11.4 Å². The van der Waals surface area contributed by atoms with Gasteiger partial charge in [0.25, 0.3) is 5.56 Å². The van der Waals surface area contributed by atoms with Gasteiger partial charge in [-0.25, -0.2) is 9.97 Å². The Balaban J connectivity index is 1.51. The Kier molecular flexibility index (Phi) is 6.51. The summed E-state index contributed by atoms with van der Waals surface area (Å²) < 4.78 is 3.67. The quantitative estimate of drug-likeness (QED) is 0.292. The summed E-state index contributed by atoms with van der Waals surface area (Å²) in [4.78, 5) is 36.4. The van der Waals surface area contributed by atoms with Gasteiger partial charge < -0.3 is 4.57 Å². The average molecular weight is 495 g/mol. The van der Waals surface area contributed by atoms with Crippen molar-refractivity contribution in [2.24, 2.45) is 0 Å². The molecule has 8 nitrogen and oxygen atoms in total. The Morgan fingerprint density at radius 3 is 2.76 bits per heavy atom. The maximum absolute atomic E-state index is 13.4. The number of fused-ring (bicyclic) bond motifs is 3. The Hall–Kier alpha value is -2.98. The Morgan fingerprint density at radius 1 is 1.18 bits per heavy atom. The highest BCUT2D eigenvalue weighted by Gasteiger charge is 2.27. The van der Waals surface area contributed by atoms with Crippen molar-refractivity contribution in [3.63, 3.8) is 0 Å². The number of carbonyl (C=O) groups is 1. The summed E-state index contributed by atoms with van der Waals surface area (Å²) in [6, 6.07) is 9.49. The van der Waals surface area contributed by atoms with E-state index in [2.05, 4.69) is 14.6 Å². The van der Waals surface area contributed by atoms with Gasteiger partial charge in [0, 0.05) is 36.8 Å². The van der Waals surface area contributed by atoms with E-state index in [0.717, 1.165) is 59.6 Å². The van der Waals surface area contributed by atoms with Crippen LogP contribution in [0.4, 0.5) is 5.13 Å². The van der Waals surface area contributed by atoms with Crippen LogP contribution in [0.15, 0.2) is 45.7 Å². The number of carbonyl (C=O) groups excluding carboxylic acids is 1. The SMILES string of the molecule is CCN(C(C)=O)c1nc(CSc2nc3nn(-c4ccccc4)c(=O)c-3c3n2CCCCC3)cs1. The van der Waals surface area contributed by atoms with Gasteiger partial charge in [0.15, 0.2) is 16.1 Å². The van der Waals surface area contributed by atoms with Crippen LogP contribution in [0.1, 0.15) is 44.5 Å². The lowest BCUT2D eigenvalue weighted by Crippen LogP contribution is -2.27. The number of para-hydroxylation sites is 1. The third-order valence-electron chi connectivity index (χ3n) is 5.98. The van der Waals surface area contributed by atoms with Gasteiger partial charge in [-0.3, -0.25) is 14.5 Å². The molecule has 0 unspecified atom stereocenters. The fourth-order valence-electron chi connectivity index (χ4n) is 4.33. The molecule has 1 aromatic heterocycles. The van der Waals surface area contributed by atoms with Crippen LogP contribution in [0.5, 0.6) is 0 Å². The van der Waals surface area contributed by atoms with Crippen molar-refractivity contribution >= 4 is 34.1 Å². The predicted molar refractivity (Wildman–Crippen MR) is 135 cm³/mol. The highest BCUT2D eigenvalue weighted by molar-refractivity contribution is 7.98. The van der Waals surface area contributed by atoms with E-state index < -0.39 is 0 Å². The Morgan fingerprint density at radius 2 is 2.00 bits per heavy atom. The molecule has 0 aliphatic carbocycles. The molecule has 10 heteroatoms. The molecule has 0 atom stereocenters. The molecule has 0 fully saturated rings. The maximum Gasteiger partial charge on any atom is 0.284 e. The van der Waals surface area contributed by atoms with Crippen molar-refractivity contribution in [3.8, 4) is 17.1 Å². The molecule has 0 N–H and O–H groups in total. The molecule has 2 aromatic rings. The molecule has 3 aliphatic heterocycles. The topological polar surface area (TPSA) is 85.9 Å². The number of nitrogens with zero attached hydrogens (tertiary/aromatic N) is 6.